The standard InChI is InChI=1S/C27H29N3O4S/c1-27(2,3)29-35(33,34)22-15-13-21(14-16-22)28-25(31)24(17-19-9-5-4-6-10-19)30-18-20-11-7-8-12-23(20)26(30)32/h4-16,24,29H,17-18H2,1-3H3,(H,28,31)/t24-/m0/s1. The molecule has 1 heterocycles. The maximum atomic E-state index is 13.4. The summed E-state index contributed by atoms with van der Waals surface area (Å²) in [7, 11) is -3.69. The minimum atomic E-state index is -3.69. The van der Waals surface area contributed by atoms with Crippen molar-refractivity contribution in [1.29, 1.82) is 0 Å². The molecular weight excluding hydrogens is 462 g/mol. The summed E-state index contributed by atoms with van der Waals surface area (Å²) in [6.07, 6.45) is 0.356. The molecule has 7 nitrogen and oxygen atoms in total. The van der Waals surface area contributed by atoms with Gasteiger partial charge in [0.1, 0.15) is 6.04 Å². The highest BCUT2D eigenvalue weighted by atomic mass is 32.2. The molecule has 1 aliphatic heterocycles. The Balaban J connectivity index is 1.56. The van der Waals surface area contributed by atoms with Crippen LogP contribution in [-0.2, 0) is 27.8 Å². The van der Waals surface area contributed by atoms with Crippen LogP contribution in [0.2, 0.25) is 0 Å². The Morgan fingerprint density at radius 1 is 0.943 bits per heavy atom. The number of hydrogen-bond donors (Lipinski definition) is 2. The molecule has 0 saturated carbocycles. The molecule has 0 unspecified atom stereocenters. The lowest BCUT2D eigenvalue weighted by Crippen LogP contribution is -2.45. The van der Waals surface area contributed by atoms with Crippen LogP contribution in [0.25, 0.3) is 0 Å². The molecule has 35 heavy (non-hydrogen) atoms. The summed E-state index contributed by atoms with van der Waals surface area (Å²) in [5.41, 5.74) is 2.28. The fraction of sp³-hybridized carbons (Fsp3) is 0.259. The molecule has 4 rings (SSSR count). The highest BCUT2D eigenvalue weighted by Crippen LogP contribution is 2.27. The number of nitrogens with one attached hydrogen (secondary N) is 2. The highest BCUT2D eigenvalue weighted by Gasteiger charge is 2.36. The quantitative estimate of drug-likeness (QED) is 0.523. The summed E-state index contributed by atoms with van der Waals surface area (Å²) in [6.45, 7) is 5.66. The zero-order chi connectivity index (χ0) is 25.2. The van der Waals surface area contributed by atoms with Gasteiger partial charge in [-0.1, -0.05) is 48.5 Å². The van der Waals surface area contributed by atoms with Crippen LogP contribution in [-0.4, -0.2) is 36.7 Å². The van der Waals surface area contributed by atoms with E-state index in [1.807, 2.05) is 48.5 Å². The van der Waals surface area contributed by atoms with Gasteiger partial charge in [-0.05, 0) is 62.2 Å². The highest BCUT2D eigenvalue weighted by molar-refractivity contribution is 7.89. The molecule has 8 heteroatoms. The largest absolute Gasteiger partial charge is 0.324 e. The number of benzene rings is 3. The predicted molar refractivity (Wildman–Crippen MR) is 135 cm³/mol. The van der Waals surface area contributed by atoms with Crippen molar-refractivity contribution in [2.45, 2.75) is 50.2 Å². The first kappa shape index (κ1) is 24.6. The molecule has 1 aliphatic rings. The van der Waals surface area contributed by atoms with E-state index in [2.05, 4.69) is 10.0 Å². The second-order valence-electron chi connectivity index (χ2n) is 9.66. The molecule has 3 aromatic carbocycles. The molecular formula is C27H29N3O4S. The lowest BCUT2D eigenvalue weighted by Gasteiger charge is -2.27. The van der Waals surface area contributed by atoms with Gasteiger partial charge >= 0.3 is 0 Å². The number of hydrogen-bond acceptors (Lipinski definition) is 4. The van der Waals surface area contributed by atoms with Gasteiger partial charge in [-0.15, -0.1) is 0 Å². The number of fused-ring (bicyclic) bond motifs is 1. The average Bonchev–Trinajstić information content (AvgIpc) is 3.13. The molecule has 1 atom stereocenters. The van der Waals surface area contributed by atoms with Gasteiger partial charge in [0.15, 0.2) is 0 Å². The van der Waals surface area contributed by atoms with Crippen LogP contribution >= 0.6 is 0 Å². The van der Waals surface area contributed by atoms with Gasteiger partial charge in [0.05, 0.1) is 4.90 Å². The van der Waals surface area contributed by atoms with Crippen molar-refractivity contribution in [1.82, 2.24) is 9.62 Å². The number of amides is 2. The van der Waals surface area contributed by atoms with Crippen LogP contribution in [0.3, 0.4) is 0 Å². The normalized spacial score (nSPS) is 14.5. The second kappa shape index (κ2) is 9.64. The maximum Gasteiger partial charge on any atom is 0.255 e. The molecule has 3 aromatic rings. The Kier molecular flexibility index (Phi) is 6.78. The molecule has 2 amide bonds. The minimum Gasteiger partial charge on any atom is -0.324 e. The Bertz CT molecular complexity index is 1330. The van der Waals surface area contributed by atoms with Gasteiger partial charge in [-0.2, -0.15) is 0 Å². The number of sulfonamides is 1. The minimum absolute atomic E-state index is 0.108. The molecule has 0 spiro atoms. The van der Waals surface area contributed by atoms with Gasteiger partial charge in [-0.3, -0.25) is 9.59 Å². The van der Waals surface area contributed by atoms with Crippen LogP contribution < -0.4 is 10.0 Å². The number of anilines is 1. The van der Waals surface area contributed by atoms with Crippen LogP contribution in [0.1, 0.15) is 42.3 Å². The van der Waals surface area contributed by atoms with Crippen LogP contribution in [0.15, 0.2) is 83.8 Å². The van der Waals surface area contributed by atoms with E-state index in [0.29, 0.717) is 24.2 Å². The summed E-state index contributed by atoms with van der Waals surface area (Å²) >= 11 is 0. The summed E-state index contributed by atoms with van der Waals surface area (Å²) < 4.78 is 27.7. The Hall–Kier alpha value is -3.49. The number of rotatable bonds is 7. The third kappa shape index (κ3) is 5.78. The lowest BCUT2D eigenvalue weighted by molar-refractivity contribution is -0.120. The fourth-order valence-corrected chi connectivity index (χ4v) is 5.53. The molecule has 0 fully saturated rings. The monoisotopic (exact) mass is 491 g/mol. The predicted octanol–water partition coefficient (Wildman–Crippen LogP) is 3.97. The molecule has 0 radical (unpaired) electrons. The summed E-state index contributed by atoms with van der Waals surface area (Å²) in [5, 5.41) is 2.87. The van der Waals surface area contributed by atoms with Gasteiger partial charge < -0.3 is 10.2 Å². The fourth-order valence-electron chi connectivity index (χ4n) is 4.12. The van der Waals surface area contributed by atoms with Crippen molar-refractivity contribution < 1.29 is 18.0 Å². The molecule has 0 bridgehead atoms. The van der Waals surface area contributed by atoms with E-state index >= 15 is 0 Å². The molecule has 2 N–H and O–H groups in total. The van der Waals surface area contributed by atoms with Crippen molar-refractivity contribution in [3.63, 3.8) is 0 Å². The van der Waals surface area contributed by atoms with Crippen LogP contribution in [0.5, 0.6) is 0 Å². The Morgan fingerprint density at radius 3 is 2.20 bits per heavy atom. The van der Waals surface area contributed by atoms with E-state index in [1.165, 1.54) is 12.1 Å². The van der Waals surface area contributed by atoms with Crippen LogP contribution in [0.4, 0.5) is 5.69 Å². The van der Waals surface area contributed by atoms with Crippen molar-refractivity contribution in [2.24, 2.45) is 0 Å². The number of nitrogens with zero attached hydrogens (tertiary/aromatic N) is 1. The van der Waals surface area contributed by atoms with E-state index < -0.39 is 21.6 Å². The van der Waals surface area contributed by atoms with Crippen molar-refractivity contribution in [2.75, 3.05) is 5.32 Å². The van der Waals surface area contributed by atoms with E-state index in [1.54, 1.807) is 43.9 Å². The average molecular weight is 492 g/mol. The van der Waals surface area contributed by atoms with Crippen molar-refractivity contribution >= 4 is 27.5 Å². The van der Waals surface area contributed by atoms with Crippen LogP contribution in [0, 0.1) is 0 Å². The SMILES string of the molecule is CC(C)(C)NS(=O)(=O)c1ccc(NC(=O)[C@H](Cc2ccccc2)N2Cc3ccccc3C2=O)cc1. The van der Waals surface area contributed by atoms with Gasteiger partial charge in [-0.25, -0.2) is 13.1 Å². The zero-order valence-corrected chi connectivity index (χ0v) is 20.8. The first-order valence-corrected chi connectivity index (χ1v) is 12.9. The van der Waals surface area contributed by atoms with Crippen molar-refractivity contribution in [3.8, 4) is 0 Å². The molecule has 0 aromatic heterocycles. The van der Waals surface area contributed by atoms with E-state index in [-0.39, 0.29) is 16.7 Å². The molecule has 0 saturated heterocycles. The molecule has 0 aliphatic carbocycles. The lowest BCUT2D eigenvalue weighted by atomic mass is 10.0. The second-order valence-corrected chi connectivity index (χ2v) is 11.3. The van der Waals surface area contributed by atoms with E-state index in [0.717, 1.165) is 11.1 Å². The third-order valence-corrected chi connectivity index (χ3v) is 7.45. The van der Waals surface area contributed by atoms with Gasteiger partial charge in [0.25, 0.3) is 5.91 Å². The summed E-state index contributed by atoms with van der Waals surface area (Å²) in [4.78, 5) is 28.3. The third-order valence-electron chi connectivity index (χ3n) is 5.67. The van der Waals surface area contributed by atoms with Gasteiger partial charge in [0.2, 0.25) is 15.9 Å². The first-order valence-electron chi connectivity index (χ1n) is 11.4. The van der Waals surface area contributed by atoms with Gasteiger partial charge in [0, 0.05) is 29.8 Å². The Morgan fingerprint density at radius 2 is 1.57 bits per heavy atom. The topological polar surface area (TPSA) is 95.6 Å². The van der Waals surface area contributed by atoms with Crippen molar-refractivity contribution in [3.05, 3.63) is 95.6 Å². The zero-order valence-electron chi connectivity index (χ0n) is 20.0. The van der Waals surface area contributed by atoms with E-state index in [9.17, 15) is 18.0 Å². The summed E-state index contributed by atoms with van der Waals surface area (Å²) in [6, 6.07) is 22.2. The first-order chi connectivity index (χ1) is 16.5. The number of carbonyl (C=O) groups excluding carboxylic acids is 2. The molecule has 182 valence electrons. The Labute approximate surface area is 206 Å². The number of carbonyl (C=O) groups is 2. The van der Waals surface area contributed by atoms with E-state index in [4.69, 9.17) is 0 Å². The smallest absolute Gasteiger partial charge is 0.255 e. The summed E-state index contributed by atoms with van der Waals surface area (Å²) in [5.74, 6) is -0.509. The maximum absolute atomic E-state index is 13.4.